The molecule has 0 atom stereocenters. The lowest BCUT2D eigenvalue weighted by molar-refractivity contribution is -0.131. The molecule has 110 valence electrons. The molecule has 2 fully saturated rings. The number of hydrogen-bond acceptors (Lipinski definition) is 3. The molecular weight excluding hydrogens is 264 g/mol. The highest BCUT2D eigenvalue weighted by atomic mass is 32.2. The van der Waals surface area contributed by atoms with Crippen molar-refractivity contribution >= 4 is 15.9 Å². The molecular formula is C13H24N2O3S. The van der Waals surface area contributed by atoms with Crippen LogP contribution < -0.4 is 0 Å². The first-order chi connectivity index (χ1) is 9.09. The minimum absolute atomic E-state index is 0.114. The van der Waals surface area contributed by atoms with Gasteiger partial charge in [0.1, 0.15) is 0 Å². The molecule has 6 heteroatoms. The number of likely N-dealkylation sites (tertiary alicyclic amines) is 1. The number of carbonyl (C=O) groups excluding carboxylic acids is 1. The minimum Gasteiger partial charge on any atom is -0.343 e. The smallest absolute Gasteiger partial charge is 0.223 e. The summed E-state index contributed by atoms with van der Waals surface area (Å²) in [7, 11) is -3.09. The Balaban J connectivity index is 1.82. The van der Waals surface area contributed by atoms with Gasteiger partial charge in [0.05, 0.1) is 5.75 Å². The highest BCUT2D eigenvalue weighted by Gasteiger charge is 2.26. The van der Waals surface area contributed by atoms with E-state index in [1.54, 1.807) is 0 Å². The van der Waals surface area contributed by atoms with Crippen molar-refractivity contribution in [2.45, 2.75) is 44.9 Å². The first-order valence-electron chi connectivity index (χ1n) is 7.35. The minimum atomic E-state index is -3.09. The first kappa shape index (κ1) is 14.8. The van der Waals surface area contributed by atoms with Crippen molar-refractivity contribution in [3.63, 3.8) is 0 Å². The molecule has 2 aliphatic rings. The van der Waals surface area contributed by atoms with Gasteiger partial charge in [-0.25, -0.2) is 12.7 Å². The molecule has 2 heterocycles. The summed E-state index contributed by atoms with van der Waals surface area (Å²) in [4.78, 5) is 14.0. The van der Waals surface area contributed by atoms with Gasteiger partial charge in [-0.2, -0.15) is 0 Å². The predicted octanol–water partition coefficient (Wildman–Crippen LogP) is 1.20. The van der Waals surface area contributed by atoms with Crippen LogP contribution in [0, 0.1) is 0 Å². The zero-order valence-electron chi connectivity index (χ0n) is 11.5. The van der Waals surface area contributed by atoms with E-state index in [2.05, 4.69) is 0 Å². The summed E-state index contributed by atoms with van der Waals surface area (Å²) in [6.45, 7) is 2.62. The van der Waals surface area contributed by atoms with E-state index in [9.17, 15) is 13.2 Å². The maximum Gasteiger partial charge on any atom is 0.223 e. The normalized spacial score (nSPS) is 24.9. The first-order valence-corrected chi connectivity index (χ1v) is 8.96. The van der Waals surface area contributed by atoms with E-state index < -0.39 is 10.0 Å². The number of hydrogen-bond donors (Lipinski definition) is 0. The molecule has 0 bridgehead atoms. The highest BCUT2D eigenvalue weighted by molar-refractivity contribution is 7.89. The number of amides is 1. The van der Waals surface area contributed by atoms with Crippen molar-refractivity contribution in [3.8, 4) is 0 Å². The Morgan fingerprint density at radius 3 is 2.16 bits per heavy atom. The van der Waals surface area contributed by atoms with E-state index in [0.717, 1.165) is 38.8 Å². The standard InChI is InChI=1S/C13H24N2O3S/c16-13(14-8-3-1-2-4-9-14)7-11-15-10-5-6-12-19(15,17)18/h1-12H2. The molecule has 19 heavy (non-hydrogen) atoms. The highest BCUT2D eigenvalue weighted by Crippen LogP contribution is 2.15. The Morgan fingerprint density at radius 2 is 1.53 bits per heavy atom. The average Bonchev–Trinajstić information content (AvgIpc) is 2.65. The molecule has 1 amide bonds. The lowest BCUT2D eigenvalue weighted by Gasteiger charge is -2.27. The summed E-state index contributed by atoms with van der Waals surface area (Å²) in [5.41, 5.74) is 0. The SMILES string of the molecule is O=C(CCN1CCCCS1(=O)=O)N1CCCCCC1. The fourth-order valence-electron chi connectivity index (χ4n) is 2.79. The van der Waals surface area contributed by atoms with Gasteiger partial charge in [-0.05, 0) is 25.7 Å². The Morgan fingerprint density at radius 1 is 0.895 bits per heavy atom. The second-order valence-corrected chi connectivity index (χ2v) is 7.56. The van der Waals surface area contributed by atoms with Crippen LogP contribution in [0.5, 0.6) is 0 Å². The summed E-state index contributed by atoms with van der Waals surface area (Å²) in [6.07, 6.45) is 6.55. The summed E-state index contributed by atoms with van der Waals surface area (Å²) in [6, 6.07) is 0. The van der Waals surface area contributed by atoms with Gasteiger partial charge in [0.2, 0.25) is 15.9 Å². The van der Waals surface area contributed by atoms with Crippen molar-refractivity contribution in [3.05, 3.63) is 0 Å². The van der Waals surface area contributed by atoms with E-state index in [0.29, 0.717) is 19.5 Å². The molecule has 0 N–H and O–H groups in total. The van der Waals surface area contributed by atoms with Gasteiger partial charge in [-0.3, -0.25) is 4.79 Å². The maximum absolute atomic E-state index is 12.1. The fraction of sp³-hybridized carbons (Fsp3) is 0.923. The molecule has 0 radical (unpaired) electrons. The number of nitrogens with zero attached hydrogens (tertiary/aromatic N) is 2. The number of carbonyl (C=O) groups is 1. The molecule has 0 aromatic carbocycles. The molecule has 2 saturated heterocycles. The van der Waals surface area contributed by atoms with Gasteiger partial charge in [0.15, 0.2) is 0 Å². The molecule has 0 aromatic heterocycles. The van der Waals surface area contributed by atoms with Crippen LogP contribution in [-0.4, -0.2) is 55.5 Å². The second kappa shape index (κ2) is 6.70. The Hall–Kier alpha value is -0.620. The van der Waals surface area contributed by atoms with Crippen molar-refractivity contribution in [1.82, 2.24) is 9.21 Å². The molecule has 0 aliphatic carbocycles. The van der Waals surface area contributed by atoms with Crippen LogP contribution in [0.15, 0.2) is 0 Å². The summed E-state index contributed by atoms with van der Waals surface area (Å²) < 4.78 is 25.1. The Kier molecular flexibility index (Phi) is 5.21. The van der Waals surface area contributed by atoms with E-state index in [-0.39, 0.29) is 11.7 Å². The van der Waals surface area contributed by atoms with Crippen molar-refractivity contribution < 1.29 is 13.2 Å². The van der Waals surface area contributed by atoms with Crippen LogP contribution in [0.4, 0.5) is 0 Å². The van der Waals surface area contributed by atoms with Crippen molar-refractivity contribution in [2.75, 3.05) is 31.9 Å². The van der Waals surface area contributed by atoms with Crippen LogP contribution >= 0.6 is 0 Å². The quantitative estimate of drug-likeness (QED) is 0.784. The van der Waals surface area contributed by atoms with Gasteiger partial charge >= 0.3 is 0 Å². The van der Waals surface area contributed by atoms with E-state index in [4.69, 9.17) is 0 Å². The monoisotopic (exact) mass is 288 g/mol. The van der Waals surface area contributed by atoms with Gasteiger partial charge in [0.25, 0.3) is 0 Å². The molecule has 0 unspecified atom stereocenters. The molecule has 0 saturated carbocycles. The van der Waals surface area contributed by atoms with Crippen LogP contribution in [0.1, 0.15) is 44.9 Å². The Bertz CT molecular complexity index is 400. The molecule has 0 spiro atoms. The van der Waals surface area contributed by atoms with E-state index >= 15 is 0 Å². The molecule has 2 rings (SSSR count). The molecule has 5 nitrogen and oxygen atoms in total. The number of sulfonamides is 1. The zero-order chi connectivity index (χ0) is 13.7. The van der Waals surface area contributed by atoms with Crippen LogP contribution in [0.25, 0.3) is 0 Å². The van der Waals surface area contributed by atoms with E-state index in [1.165, 1.54) is 17.1 Å². The predicted molar refractivity (Wildman–Crippen MR) is 74.3 cm³/mol. The third-order valence-corrected chi connectivity index (χ3v) is 5.94. The molecule has 0 aromatic rings. The second-order valence-electron chi connectivity index (χ2n) is 5.47. The summed E-state index contributed by atoms with van der Waals surface area (Å²) in [5.74, 6) is 0.355. The average molecular weight is 288 g/mol. The van der Waals surface area contributed by atoms with Gasteiger partial charge in [-0.1, -0.05) is 12.8 Å². The largest absolute Gasteiger partial charge is 0.343 e. The number of rotatable bonds is 3. The third kappa shape index (κ3) is 4.18. The van der Waals surface area contributed by atoms with Crippen LogP contribution in [-0.2, 0) is 14.8 Å². The topological polar surface area (TPSA) is 57.7 Å². The summed E-state index contributed by atoms with van der Waals surface area (Å²) >= 11 is 0. The van der Waals surface area contributed by atoms with Gasteiger partial charge < -0.3 is 4.90 Å². The third-order valence-electron chi connectivity index (χ3n) is 3.99. The fourth-order valence-corrected chi connectivity index (χ4v) is 4.39. The summed E-state index contributed by atoms with van der Waals surface area (Å²) in [5, 5.41) is 0. The lowest BCUT2D eigenvalue weighted by atomic mass is 10.2. The lowest BCUT2D eigenvalue weighted by Crippen LogP contribution is -2.41. The van der Waals surface area contributed by atoms with Gasteiger partial charge in [-0.15, -0.1) is 0 Å². The van der Waals surface area contributed by atoms with Crippen LogP contribution in [0.2, 0.25) is 0 Å². The molecule has 2 aliphatic heterocycles. The van der Waals surface area contributed by atoms with Crippen molar-refractivity contribution in [2.24, 2.45) is 0 Å². The zero-order valence-corrected chi connectivity index (χ0v) is 12.3. The van der Waals surface area contributed by atoms with E-state index in [1.807, 2.05) is 4.90 Å². The maximum atomic E-state index is 12.1. The van der Waals surface area contributed by atoms with Crippen molar-refractivity contribution in [1.29, 1.82) is 0 Å². The van der Waals surface area contributed by atoms with Gasteiger partial charge in [0, 0.05) is 32.6 Å². The Labute approximate surface area is 116 Å². The van der Waals surface area contributed by atoms with Crippen LogP contribution in [0.3, 0.4) is 0 Å².